The van der Waals surface area contributed by atoms with Gasteiger partial charge in [0.05, 0.1) is 26.4 Å². The second kappa shape index (κ2) is 37.9. The Kier molecular flexibility index (Phi) is 36.5. The van der Waals surface area contributed by atoms with Gasteiger partial charge in [-0.25, -0.2) is 4.57 Å². The fourth-order valence-electron chi connectivity index (χ4n) is 4.97. The first-order valence-corrected chi connectivity index (χ1v) is 21.3. The van der Waals surface area contributed by atoms with Crippen LogP contribution in [-0.4, -0.2) is 66.3 Å². The largest absolute Gasteiger partial charge is 0.472 e. The summed E-state index contributed by atoms with van der Waals surface area (Å²) in [6.07, 6.45) is 41.9. The van der Waals surface area contributed by atoms with Gasteiger partial charge in [-0.1, -0.05) is 145 Å². The van der Waals surface area contributed by atoms with Gasteiger partial charge in [-0.05, 0) is 57.8 Å². The maximum absolute atomic E-state index is 12.5. The first-order chi connectivity index (χ1) is 24.8. The standard InChI is InChI=1S/C41H73O9P/c1-3-5-7-9-11-13-14-15-16-17-18-19-20-21-22-23-24-25-26-28-30-32-34-47-37-40(38-49-51(45,46)48-36-39(43)35-42)50-41(44)33-31-29-27-12-10-8-6-4-2/h5,7,11,13,15-16,18-19,21-22,39-40,42-43H,3-4,6,8-10,12,14,17,20,23-38H2,1-2H3,(H,45,46)/b7-5-,13-11-,16-15-,19-18-,22-21-. The Labute approximate surface area is 310 Å². The third-order valence-electron chi connectivity index (χ3n) is 7.97. The number of unbranched alkanes of at least 4 members (excludes halogenated alkanes) is 13. The van der Waals surface area contributed by atoms with Crippen molar-refractivity contribution >= 4 is 13.8 Å². The van der Waals surface area contributed by atoms with Crippen molar-refractivity contribution in [3.8, 4) is 0 Å². The molecular formula is C41H73O9P. The van der Waals surface area contributed by atoms with Crippen LogP contribution in [0.1, 0.15) is 149 Å². The second-order valence-corrected chi connectivity index (χ2v) is 14.4. The van der Waals surface area contributed by atoms with Crippen LogP contribution < -0.4 is 0 Å². The minimum atomic E-state index is -4.51. The predicted molar refractivity (Wildman–Crippen MR) is 210 cm³/mol. The average Bonchev–Trinajstić information content (AvgIpc) is 3.12. The van der Waals surface area contributed by atoms with Crippen molar-refractivity contribution in [2.75, 3.05) is 33.0 Å². The molecule has 0 aliphatic rings. The molecule has 3 atom stereocenters. The molecule has 10 heteroatoms. The molecule has 296 valence electrons. The highest BCUT2D eigenvalue weighted by Crippen LogP contribution is 2.43. The number of carbonyl (C=O) groups is 1. The summed E-state index contributed by atoms with van der Waals surface area (Å²) in [5.74, 6) is -0.396. The van der Waals surface area contributed by atoms with Gasteiger partial charge in [0.15, 0.2) is 0 Å². The van der Waals surface area contributed by atoms with Gasteiger partial charge in [0.25, 0.3) is 0 Å². The Hall–Kier alpha value is -1.84. The molecule has 0 spiro atoms. The van der Waals surface area contributed by atoms with Gasteiger partial charge >= 0.3 is 13.8 Å². The number of aliphatic hydroxyl groups is 2. The summed E-state index contributed by atoms with van der Waals surface area (Å²) in [5, 5.41) is 18.3. The van der Waals surface area contributed by atoms with Crippen LogP contribution in [0.3, 0.4) is 0 Å². The molecule has 3 unspecified atom stereocenters. The van der Waals surface area contributed by atoms with E-state index in [2.05, 4.69) is 74.6 Å². The fourth-order valence-corrected chi connectivity index (χ4v) is 5.76. The van der Waals surface area contributed by atoms with Gasteiger partial charge in [-0.3, -0.25) is 13.8 Å². The van der Waals surface area contributed by atoms with E-state index >= 15 is 0 Å². The molecule has 0 amide bonds. The number of hydrogen-bond acceptors (Lipinski definition) is 8. The lowest BCUT2D eigenvalue weighted by Gasteiger charge is -2.20. The van der Waals surface area contributed by atoms with Gasteiger partial charge < -0.3 is 24.6 Å². The molecular weight excluding hydrogens is 667 g/mol. The molecule has 0 aromatic rings. The van der Waals surface area contributed by atoms with Crippen molar-refractivity contribution in [3.05, 3.63) is 60.8 Å². The molecule has 0 radical (unpaired) electrons. The van der Waals surface area contributed by atoms with Crippen molar-refractivity contribution in [3.63, 3.8) is 0 Å². The van der Waals surface area contributed by atoms with Crippen molar-refractivity contribution in [2.24, 2.45) is 0 Å². The lowest BCUT2D eigenvalue weighted by atomic mass is 10.1. The number of esters is 1. The van der Waals surface area contributed by atoms with Crippen LogP contribution >= 0.6 is 7.82 Å². The molecule has 0 aromatic carbocycles. The Morgan fingerprint density at radius 3 is 1.69 bits per heavy atom. The Bertz CT molecular complexity index is 976. The quantitative estimate of drug-likeness (QED) is 0.0246. The van der Waals surface area contributed by atoms with E-state index < -0.39 is 39.2 Å². The van der Waals surface area contributed by atoms with E-state index in [4.69, 9.17) is 23.6 Å². The van der Waals surface area contributed by atoms with Gasteiger partial charge in [0, 0.05) is 13.0 Å². The van der Waals surface area contributed by atoms with Crippen LogP contribution in [0.5, 0.6) is 0 Å². The average molecular weight is 741 g/mol. The van der Waals surface area contributed by atoms with Crippen molar-refractivity contribution in [1.82, 2.24) is 0 Å². The summed E-state index contributed by atoms with van der Waals surface area (Å²) in [6, 6.07) is 0. The summed E-state index contributed by atoms with van der Waals surface area (Å²) >= 11 is 0. The number of phosphoric ester groups is 1. The minimum Gasteiger partial charge on any atom is -0.457 e. The summed E-state index contributed by atoms with van der Waals surface area (Å²) in [6.45, 7) is 3.31. The maximum atomic E-state index is 12.5. The zero-order valence-corrected chi connectivity index (χ0v) is 32.9. The van der Waals surface area contributed by atoms with E-state index in [1.807, 2.05) is 0 Å². The first-order valence-electron chi connectivity index (χ1n) is 19.8. The number of carbonyl (C=O) groups excluding carboxylic acids is 1. The van der Waals surface area contributed by atoms with E-state index in [1.165, 1.54) is 51.4 Å². The third kappa shape index (κ3) is 37.7. The van der Waals surface area contributed by atoms with E-state index in [9.17, 15) is 19.4 Å². The van der Waals surface area contributed by atoms with Crippen molar-refractivity contribution in [1.29, 1.82) is 0 Å². The molecule has 0 saturated heterocycles. The third-order valence-corrected chi connectivity index (χ3v) is 8.92. The molecule has 0 aromatic heterocycles. The smallest absolute Gasteiger partial charge is 0.457 e. The molecule has 0 heterocycles. The van der Waals surface area contributed by atoms with E-state index in [0.717, 1.165) is 77.0 Å². The van der Waals surface area contributed by atoms with Gasteiger partial charge in [0.1, 0.15) is 12.2 Å². The molecule has 0 aliphatic carbocycles. The van der Waals surface area contributed by atoms with Crippen LogP contribution in [0.4, 0.5) is 0 Å². The zero-order valence-electron chi connectivity index (χ0n) is 32.1. The number of phosphoric acid groups is 1. The molecule has 0 aliphatic heterocycles. The van der Waals surface area contributed by atoms with Gasteiger partial charge in [0.2, 0.25) is 0 Å². The van der Waals surface area contributed by atoms with Gasteiger partial charge in [-0.2, -0.15) is 0 Å². The Morgan fingerprint density at radius 2 is 1.12 bits per heavy atom. The predicted octanol–water partition coefficient (Wildman–Crippen LogP) is 10.4. The number of ether oxygens (including phenoxy) is 2. The minimum absolute atomic E-state index is 0.0374. The normalized spacial score (nSPS) is 14.8. The number of rotatable bonds is 37. The molecule has 0 saturated carbocycles. The Morgan fingerprint density at radius 1 is 0.627 bits per heavy atom. The van der Waals surface area contributed by atoms with Crippen LogP contribution in [0.15, 0.2) is 60.8 Å². The molecule has 0 rings (SSSR count). The first kappa shape index (κ1) is 49.2. The monoisotopic (exact) mass is 740 g/mol. The molecule has 51 heavy (non-hydrogen) atoms. The zero-order chi connectivity index (χ0) is 37.5. The van der Waals surface area contributed by atoms with E-state index in [-0.39, 0.29) is 19.6 Å². The molecule has 0 bridgehead atoms. The number of hydrogen-bond donors (Lipinski definition) is 3. The number of aliphatic hydroxyl groups excluding tert-OH is 2. The van der Waals surface area contributed by atoms with Gasteiger partial charge in [-0.15, -0.1) is 0 Å². The summed E-state index contributed by atoms with van der Waals surface area (Å²) in [7, 11) is -4.51. The van der Waals surface area contributed by atoms with Crippen molar-refractivity contribution < 1.29 is 43.0 Å². The van der Waals surface area contributed by atoms with Crippen LogP contribution in [0.2, 0.25) is 0 Å². The topological polar surface area (TPSA) is 132 Å². The maximum Gasteiger partial charge on any atom is 0.472 e. The van der Waals surface area contributed by atoms with Crippen molar-refractivity contribution in [2.45, 2.75) is 161 Å². The number of allylic oxidation sites excluding steroid dienone is 10. The Balaban J connectivity index is 4.14. The fraction of sp³-hybridized carbons (Fsp3) is 0.732. The highest BCUT2D eigenvalue weighted by molar-refractivity contribution is 7.47. The molecule has 3 N–H and O–H groups in total. The second-order valence-electron chi connectivity index (χ2n) is 12.9. The van der Waals surface area contributed by atoms with Crippen LogP contribution in [0, 0.1) is 0 Å². The molecule has 0 fully saturated rings. The summed E-state index contributed by atoms with van der Waals surface area (Å²) in [4.78, 5) is 22.4. The SMILES string of the molecule is CC/C=C\C/C=C\C/C=C\C/C=C\C/C=C\CCCCCCCCOCC(COP(=O)(O)OCC(O)CO)OC(=O)CCCCCCCCCC. The lowest BCUT2D eigenvalue weighted by Crippen LogP contribution is -2.29. The highest BCUT2D eigenvalue weighted by Gasteiger charge is 2.26. The van der Waals surface area contributed by atoms with E-state index in [0.29, 0.717) is 6.61 Å². The van der Waals surface area contributed by atoms with Crippen LogP contribution in [0.25, 0.3) is 0 Å². The van der Waals surface area contributed by atoms with E-state index in [1.54, 1.807) is 0 Å². The van der Waals surface area contributed by atoms with Crippen LogP contribution in [-0.2, 0) is 27.9 Å². The summed E-state index contributed by atoms with van der Waals surface area (Å²) in [5.41, 5.74) is 0. The highest BCUT2D eigenvalue weighted by atomic mass is 31.2. The molecule has 9 nitrogen and oxygen atoms in total. The summed E-state index contributed by atoms with van der Waals surface area (Å²) < 4.78 is 33.2. The lowest BCUT2D eigenvalue weighted by molar-refractivity contribution is -0.154.